The molecule has 1 aliphatic rings. The maximum absolute atomic E-state index is 12.0. The van der Waals surface area contributed by atoms with E-state index in [2.05, 4.69) is 10.6 Å². The Morgan fingerprint density at radius 3 is 2.48 bits per heavy atom. The van der Waals surface area contributed by atoms with Gasteiger partial charge in [-0.3, -0.25) is 4.79 Å². The molecule has 1 aromatic rings. The lowest BCUT2D eigenvalue weighted by molar-refractivity contribution is -0.117. The average Bonchev–Trinajstić information content (AvgIpc) is 3.07. The Labute approximate surface area is 148 Å². The summed E-state index contributed by atoms with van der Waals surface area (Å²) in [6.07, 6.45) is 6.18. The first-order valence-corrected chi connectivity index (χ1v) is 9.71. The van der Waals surface area contributed by atoms with Crippen LogP contribution in [0, 0.1) is 11.3 Å². The highest BCUT2D eigenvalue weighted by Crippen LogP contribution is 2.17. The first kappa shape index (κ1) is 19.0. The fourth-order valence-electron chi connectivity index (χ4n) is 2.72. The van der Waals surface area contributed by atoms with Gasteiger partial charge in [0.25, 0.3) is 5.91 Å². The van der Waals surface area contributed by atoms with Crippen molar-refractivity contribution in [3.05, 3.63) is 41.6 Å². The molecule has 0 heterocycles. The lowest BCUT2D eigenvalue weighted by atomic mass is 10.1. The Morgan fingerprint density at radius 1 is 1.28 bits per heavy atom. The molecular formula is C17H22N4O3S. The zero-order chi connectivity index (χ0) is 18.3. The van der Waals surface area contributed by atoms with Crippen LogP contribution in [0.3, 0.4) is 0 Å². The minimum atomic E-state index is -3.68. The Bertz CT molecular complexity index is 773. The Balaban J connectivity index is 1.82. The van der Waals surface area contributed by atoms with E-state index in [-0.39, 0.29) is 22.4 Å². The summed E-state index contributed by atoms with van der Waals surface area (Å²) >= 11 is 0. The van der Waals surface area contributed by atoms with Gasteiger partial charge in [0, 0.05) is 18.8 Å². The average molecular weight is 362 g/mol. The normalized spacial score (nSPS) is 15.6. The van der Waals surface area contributed by atoms with Crippen molar-refractivity contribution in [3.8, 4) is 6.07 Å². The predicted molar refractivity (Wildman–Crippen MR) is 93.6 cm³/mol. The lowest BCUT2D eigenvalue weighted by Gasteiger charge is -2.11. The standard InChI is InChI=1S/C17H22N4O3S/c18-11-14(17(22)21-15-3-1-2-4-15)12-20-10-9-13-5-7-16(8-6-13)25(19,23)24/h5-8,12,15,20H,1-4,9-10H2,(H,21,22)(H2,19,23,24)/b14-12-. The molecule has 1 aromatic carbocycles. The summed E-state index contributed by atoms with van der Waals surface area (Å²) < 4.78 is 22.4. The molecule has 0 aromatic heterocycles. The van der Waals surface area contributed by atoms with Gasteiger partial charge in [0.05, 0.1) is 4.90 Å². The van der Waals surface area contributed by atoms with Gasteiger partial charge in [-0.05, 0) is 37.0 Å². The maximum Gasteiger partial charge on any atom is 0.263 e. The largest absolute Gasteiger partial charge is 0.389 e. The number of hydrogen-bond donors (Lipinski definition) is 3. The van der Waals surface area contributed by atoms with Crippen molar-refractivity contribution in [1.29, 1.82) is 5.26 Å². The van der Waals surface area contributed by atoms with Crippen LogP contribution in [-0.4, -0.2) is 26.9 Å². The number of hydrogen-bond acceptors (Lipinski definition) is 5. The van der Waals surface area contributed by atoms with E-state index in [1.165, 1.54) is 18.3 Å². The van der Waals surface area contributed by atoms with Crippen LogP contribution in [-0.2, 0) is 21.2 Å². The summed E-state index contributed by atoms with van der Waals surface area (Å²) in [5, 5.41) is 20.0. The number of nitriles is 1. The molecule has 8 heteroatoms. The first-order chi connectivity index (χ1) is 11.9. The molecule has 1 amide bonds. The summed E-state index contributed by atoms with van der Waals surface area (Å²) in [4.78, 5) is 12.1. The fourth-order valence-corrected chi connectivity index (χ4v) is 3.23. The van der Waals surface area contributed by atoms with Crippen LogP contribution in [0.1, 0.15) is 31.2 Å². The molecule has 4 N–H and O–H groups in total. The third kappa shape index (κ3) is 5.89. The number of nitrogens with zero attached hydrogens (tertiary/aromatic N) is 1. The highest BCUT2D eigenvalue weighted by Gasteiger charge is 2.19. The number of carbonyl (C=O) groups excluding carboxylic acids is 1. The molecule has 0 bridgehead atoms. The Hall–Kier alpha value is -2.37. The van der Waals surface area contributed by atoms with Crippen molar-refractivity contribution < 1.29 is 13.2 Å². The van der Waals surface area contributed by atoms with Gasteiger partial charge in [0.2, 0.25) is 10.0 Å². The number of rotatable bonds is 7. The summed E-state index contributed by atoms with van der Waals surface area (Å²) in [7, 11) is -3.68. The van der Waals surface area contributed by atoms with E-state index in [0.29, 0.717) is 13.0 Å². The third-order valence-corrected chi connectivity index (χ3v) is 5.04. The summed E-state index contributed by atoms with van der Waals surface area (Å²) in [5.74, 6) is -0.348. The van der Waals surface area contributed by atoms with Crippen molar-refractivity contribution >= 4 is 15.9 Å². The number of nitrogens with two attached hydrogens (primary N) is 1. The second-order valence-electron chi connectivity index (χ2n) is 6.02. The van der Waals surface area contributed by atoms with Crippen LogP contribution in [0.15, 0.2) is 40.9 Å². The van der Waals surface area contributed by atoms with E-state index in [0.717, 1.165) is 31.2 Å². The summed E-state index contributed by atoms with van der Waals surface area (Å²) in [6.45, 7) is 0.511. The van der Waals surface area contributed by atoms with Crippen molar-refractivity contribution in [2.45, 2.75) is 43.0 Å². The molecule has 0 spiro atoms. The lowest BCUT2D eigenvalue weighted by Crippen LogP contribution is -2.34. The molecule has 2 rings (SSSR count). The number of sulfonamides is 1. The molecule has 0 radical (unpaired) electrons. The first-order valence-electron chi connectivity index (χ1n) is 8.16. The van der Waals surface area contributed by atoms with Crippen molar-refractivity contribution in [2.24, 2.45) is 5.14 Å². The number of primary sulfonamides is 1. The van der Waals surface area contributed by atoms with Gasteiger partial charge in [-0.25, -0.2) is 13.6 Å². The van der Waals surface area contributed by atoms with Crippen LogP contribution >= 0.6 is 0 Å². The zero-order valence-corrected chi connectivity index (χ0v) is 14.7. The van der Waals surface area contributed by atoms with Crippen LogP contribution < -0.4 is 15.8 Å². The van der Waals surface area contributed by atoms with Crippen LogP contribution in [0.25, 0.3) is 0 Å². The number of amides is 1. The Kier molecular flexibility index (Phi) is 6.56. The van der Waals surface area contributed by atoms with Gasteiger partial charge in [-0.1, -0.05) is 25.0 Å². The van der Waals surface area contributed by atoms with Crippen molar-refractivity contribution in [1.82, 2.24) is 10.6 Å². The van der Waals surface area contributed by atoms with Crippen LogP contribution in [0.2, 0.25) is 0 Å². The fraction of sp³-hybridized carbons (Fsp3) is 0.412. The molecule has 134 valence electrons. The molecule has 0 unspecified atom stereocenters. The SMILES string of the molecule is N#C/C(=C/NCCc1ccc(S(N)(=O)=O)cc1)C(=O)NC1CCCC1. The topological polar surface area (TPSA) is 125 Å². The maximum atomic E-state index is 12.0. The predicted octanol–water partition coefficient (Wildman–Crippen LogP) is 0.932. The third-order valence-electron chi connectivity index (χ3n) is 4.11. The number of nitrogens with one attached hydrogen (secondary N) is 2. The van der Waals surface area contributed by atoms with E-state index in [1.807, 2.05) is 6.07 Å². The van der Waals surface area contributed by atoms with Crippen molar-refractivity contribution in [3.63, 3.8) is 0 Å². The smallest absolute Gasteiger partial charge is 0.263 e. The molecule has 0 saturated heterocycles. The second-order valence-corrected chi connectivity index (χ2v) is 7.58. The monoisotopic (exact) mass is 362 g/mol. The quantitative estimate of drug-likeness (QED) is 0.378. The van der Waals surface area contributed by atoms with Gasteiger partial charge < -0.3 is 10.6 Å². The van der Waals surface area contributed by atoms with Gasteiger partial charge in [-0.2, -0.15) is 5.26 Å². The van der Waals surface area contributed by atoms with Gasteiger partial charge in [0.1, 0.15) is 11.6 Å². The van der Waals surface area contributed by atoms with E-state index in [9.17, 15) is 13.2 Å². The molecule has 0 atom stereocenters. The molecule has 1 saturated carbocycles. The molecular weight excluding hydrogens is 340 g/mol. The van der Waals surface area contributed by atoms with E-state index in [1.54, 1.807) is 12.1 Å². The van der Waals surface area contributed by atoms with Crippen LogP contribution in [0.4, 0.5) is 0 Å². The van der Waals surface area contributed by atoms with Crippen LogP contribution in [0.5, 0.6) is 0 Å². The van der Waals surface area contributed by atoms with E-state index >= 15 is 0 Å². The Morgan fingerprint density at radius 2 is 1.92 bits per heavy atom. The zero-order valence-electron chi connectivity index (χ0n) is 13.9. The molecule has 1 fully saturated rings. The molecule has 25 heavy (non-hydrogen) atoms. The number of benzene rings is 1. The van der Waals surface area contributed by atoms with Gasteiger partial charge >= 0.3 is 0 Å². The van der Waals surface area contributed by atoms with Gasteiger partial charge in [0.15, 0.2) is 0 Å². The van der Waals surface area contributed by atoms with E-state index < -0.39 is 10.0 Å². The second kappa shape index (κ2) is 8.65. The molecule has 1 aliphatic carbocycles. The van der Waals surface area contributed by atoms with Crippen molar-refractivity contribution in [2.75, 3.05) is 6.54 Å². The summed E-state index contributed by atoms with van der Waals surface area (Å²) in [5.41, 5.74) is 0.971. The summed E-state index contributed by atoms with van der Waals surface area (Å²) in [6, 6.07) is 8.35. The minimum Gasteiger partial charge on any atom is -0.389 e. The van der Waals surface area contributed by atoms with Gasteiger partial charge in [-0.15, -0.1) is 0 Å². The molecule has 7 nitrogen and oxygen atoms in total. The minimum absolute atomic E-state index is 0.0523. The highest BCUT2D eigenvalue weighted by molar-refractivity contribution is 7.89. The highest BCUT2D eigenvalue weighted by atomic mass is 32.2. The number of carbonyl (C=O) groups is 1. The molecule has 0 aliphatic heterocycles. The van der Waals surface area contributed by atoms with E-state index in [4.69, 9.17) is 10.4 Å².